The van der Waals surface area contributed by atoms with Crippen LogP contribution in [0.3, 0.4) is 0 Å². The van der Waals surface area contributed by atoms with E-state index in [0.29, 0.717) is 17.8 Å². The van der Waals surface area contributed by atoms with Crippen molar-refractivity contribution in [3.8, 4) is 11.1 Å². The van der Waals surface area contributed by atoms with E-state index < -0.39 is 29.9 Å². The van der Waals surface area contributed by atoms with E-state index in [9.17, 15) is 24.3 Å². The molecule has 1 heterocycles. The molecule has 0 bridgehead atoms. The first-order valence-electron chi connectivity index (χ1n) is 13.4. The van der Waals surface area contributed by atoms with Gasteiger partial charge in [-0.05, 0) is 28.3 Å². The largest absolute Gasteiger partial charge is 0.481 e. The summed E-state index contributed by atoms with van der Waals surface area (Å²) >= 11 is 0. The van der Waals surface area contributed by atoms with Crippen molar-refractivity contribution in [2.75, 3.05) is 18.9 Å². The summed E-state index contributed by atoms with van der Waals surface area (Å²) < 4.78 is 1.56. The van der Waals surface area contributed by atoms with E-state index in [4.69, 9.17) is 0 Å². The molecule has 0 aliphatic heterocycles. The number of carboxylic acid groups (broad SMARTS) is 1. The zero-order chi connectivity index (χ0) is 30.1. The van der Waals surface area contributed by atoms with Crippen LogP contribution in [0.5, 0.6) is 0 Å². The summed E-state index contributed by atoms with van der Waals surface area (Å²) in [5.41, 5.74) is 4.27. The van der Waals surface area contributed by atoms with Gasteiger partial charge in [0.25, 0.3) is 5.91 Å². The monoisotopic (exact) mass is 567 g/mol. The second kappa shape index (κ2) is 13.8. The fourth-order valence-corrected chi connectivity index (χ4v) is 4.49. The summed E-state index contributed by atoms with van der Waals surface area (Å²) in [5.74, 6) is -2.00. The predicted octanol–water partition coefficient (Wildman–Crippen LogP) is 4.42. The number of urea groups is 1. The Balaban J connectivity index is 1.35. The third kappa shape index (κ3) is 8.07. The average Bonchev–Trinajstić information content (AvgIpc) is 3.35. The van der Waals surface area contributed by atoms with Crippen LogP contribution < -0.4 is 16.0 Å². The Morgan fingerprint density at radius 3 is 2.14 bits per heavy atom. The van der Waals surface area contributed by atoms with Crippen molar-refractivity contribution < 1.29 is 24.3 Å². The number of benzene rings is 3. The second-order valence-corrected chi connectivity index (χ2v) is 9.89. The van der Waals surface area contributed by atoms with Gasteiger partial charge in [-0.25, -0.2) is 4.79 Å². The minimum atomic E-state index is -1.06. The van der Waals surface area contributed by atoms with Gasteiger partial charge in [0.05, 0.1) is 24.7 Å². The maximum absolute atomic E-state index is 13.1. The number of likely N-dealkylation sites (N-methyl/N-ethyl adjacent to an activating group) is 1. The summed E-state index contributed by atoms with van der Waals surface area (Å²) in [6.07, 6.45) is 1.29. The maximum atomic E-state index is 13.1. The lowest BCUT2D eigenvalue weighted by Gasteiger charge is -2.21. The van der Waals surface area contributed by atoms with Crippen LogP contribution in [0.1, 0.15) is 34.1 Å². The fraction of sp³-hybridized carbons (Fsp3) is 0.188. The number of carbonyl (C=O) groups is 4. The first-order valence-corrected chi connectivity index (χ1v) is 13.4. The first kappa shape index (κ1) is 29.6. The van der Waals surface area contributed by atoms with Crippen LogP contribution >= 0.6 is 0 Å². The van der Waals surface area contributed by atoms with Crippen molar-refractivity contribution in [2.24, 2.45) is 7.05 Å². The average molecular weight is 568 g/mol. The predicted molar refractivity (Wildman–Crippen MR) is 160 cm³/mol. The highest BCUT2D eigenvalue weighted by atomic mass is 16.4. The number of nitrogens with zero attached hydrogens (tertiary/aromatic N) is 2. The van der Waals surface area contributed by atoms with Crippen LogP contribution in [0.2, 0.25) is 0 Å². The molecule has 4 amide bonds. The summed E-state index contributed by atoms with van der Waals surface area (Å²) in [6, 6.07) is 26.9. The number of aliphatic carboxylic acids is 1. The standard InChI is InChI=1S/C32H33N5O5/c1-36-20-26(34-32(42)33-19-22-9-5-3-6-10-22)17-28(36)31(41)37(2)21-29(38)35-27(18-30(39)40)25-15-13-24(14-16-25)23-11-7-4-8-12-23/h3-17,20,27H,18-19,21H2,1-2H3,(H,35,38)(H,39,40)(H2,33,34,42). The van der Waals surface area contributed by atoms with Gasteiger partial charge < -0.3 is 30.5 Å². The molecule has 0 saturated carbocycles. The SMILES string of the molecule is CN(CC(=O)NC(CC(=O)O)c1ccc(-c2ccccc2)cc1)C(=O)c1cc(NC(=O)NCc2ccccc2)cn1C. The molecule has 1 unspecified atom stereocenters. The van der Waals surface area contributed by atoms with Gasteiger partial charge in [0, 0.05) is 26.8 Å². The fourth-order valence-electron chi connectivity index (χ4n) is 4.49. The van der Waals surface area contributed by atoms with Crippen molar-refractivity contribution in [3.63, 3.8) is 0 Å². The lowest BCUT2D eigenvalue weighted by Crippen LogP contribution is -2.40. The quantitative estimate of drug-likeness (QED) is 0.213. The van der Waals surface area contributed by atoms with E-state index >= 15 is 0 Å². The molecule has 1 atom stereocenters. The molecular formula is C32H33N5O5. The number of carboxylic acids is 1. The van der Waals surface area contributed by atoms with Crippen LogP contribution in [0.4, 0.5) is 10.5 Å². The summed E-state index contributed by atoms with van der Waals surface area (Å²) in [4.78, 5) is 51.1. The third-order valence-electron chi connectivity index (χ3n) is 6.64. The lowest BCUT2D eigenvalue weighted by atomic mass is 9.99. The van der Waals surface area contributed by atoms with E-state index in [0.717, 1.165) is 16.7 Å². The van der Waals surface area contributed by atoms with Gasteiger partial charge in [-0.2, -0.15) is 0 Å². The van der Waals surface area contributed by atoms with E-state index in [-0.39, 0.29) is 18.7 Å². The zero-order valence-electron chi connectivity index (χ0n) is 23.4. The summed E-state index contributed by atoms with van der Waals surface area (Å²) in [7, 11) is 3.14. The Bertz CT molecular complexity index is 1530. The van der Waals surface area contributed by atoms with E-state index in [2.05, 4.69) is 16.0 Å². The van der Waals surface area contributed by atoms with Crippen LogP contribution in [0.15, 0.2) is 97.2 Å². The van der Waals surface area contributed by atoms with E-state index in [1.807, 2.05) is 72.8 Å². The highest BCUT2D eigenvalue weighted by Gasteiger charge is 2.22. The Kier molecular flexibility index (Phi) is 9.73. The number of aryl methyl sites for hydroxylation is 1. The maximum Gasteiger partial charge on any atom is 0.319 e. The van der Waals surface area contributed by atoms with Gasteiger partial charge in [0.2, 0.25) is 5.91 Å². The van der Waals surface area contributed by atoms with Gasteiger partial charge in [0.15, 0.2) is 0 Å². The molecule has 4 N–H and O–H groups in total. The van der Waals surface area contributed by atoms with Crippen LogP contribution in [-0.2, 0) is 23.2 Å². The smallest absolute Gasteiger partial charge is 0.319 e. The minimum Gasteiger partial charge on any atom is -0.481 e. The molecule has 0 aliphatic rings. The Hall–Kier alpha value is -5.38. The molecule has 4 rings (SSSR count). The minimum absolute atomic E-state index is 0.266. The molecule has 42 heavy (non-hydrogen) atoms. The van der Waals surface area contributed by atoms with Gasteiger partial charge in [-0.1, -0.05) is 84.9 Å². The molecule has 216 valence electrons. The highest BCUT2D eigenvalue weighted by Crippen LogP contribution is 2.23. The highest BCUT2D eigenvalue weighted by molar-refractivity contribution is 5.97. The number of amides is 4. The third-order valence-corrected chi connectivity index (χ3v) is 6.64. The molecule has 1 aromatic heterocycles. The first-order chi connectivity index (χ1) is 20.2. The molecule has 0 aliphatic carbocycles. The molecular weight excluding hydrogens is 534 g/mol. The van der Waals surface area contributed by atoms with Gasteiger partial charge in [-0.3, -0.25) is 14.4 Å². The molecule has 3 aromatic carbocycles. The van der Waals surface area contributed by atoms with Gasteiger partial charge >= 0.3 is 12.0 Å². The molecule has 0 saturated heterocycles. The molecule has 0 radical (unpaired) electrons. The van der Waals surface area contributed by atoms with Crippen LogP contribution in [0, 0.1) is 0 Å². The van der Waals surface area contributed by atoms with E-state index in [1.165, 1.54) is 18.0 Å². The number of anilines is 1. The van der Waals surface area contributed by atoms with Gasteiger partial charge in [-0.15, -0.1) is 0 Å². The number of carbonyl (C=O) groups excluding carboxylic acids is 3. The molecule has 4 aromatic rings. The Labute approximate surface area is 244 Å². The van der Waals surface area contributed by atoms with Crippen LogP contribution in [0.25, 0.3) is 11.1 Å². The Morgan fingerprint density at radius 2 is 1.50 bits per heavy atom. The second-order valence-electron chi connectivity index (χ2n) is 9.89. The summed E-state index contributed by atoms with van der Waals surface area (Å²) in [6.45, 7) is 0.0613. The van der Waals surface area contributed by atoms with Gasteiger partial charge in [0.1, 0.15) is 5.69 Å². The number of hydrogen-bond donors (Lipinski definition) is 4. The number of rotatable bonds is 11. The van der Waals surface area contributed by atoms with Crippen molar-refractivity contribution in [1.29, 1.82) is 0 Å². The van der Waals surface area contributed by atoms with Crippen molar-refractivity contribution in [3.05, 3.63) is 114 Å². The number of aromatic nitrogens is 1. The number of hydrogen-bond acceptors (Lipinski definition) is 4. The van der Waals surface area contributed by atoms with Crippen molar-refractivity contribution in [1.82, 2.24) is 20.1 Å². The lowest BCUT2D eigenvalue weighted by molar-refractivity contribution is -0.137. The number of nitrogens with one attached hydrogen (secondary N) is 3. The summed E-state index contributed by atoms with van der Waals surface area (Å²) in [5, 5.41) is 17.7. The topological polar surface area (TPSA) is 133 Å². The molecule has 10 heteroatoms. The molecule has 0 fully saturated rings. The molecule has 0 spiro atoms. The Morgan fingerprint density at radius 1 is 0.881 bits per heavy atom. The van der Waals surface area contributed by atoms with E-state index in [1.54, 1.807) is 29.9 Å². The van der Waals surface area contributed by atoms with Crippen LogP contribution in [-0.4, -0.2) is 52.0 Å². The van der Waals surface area contributed by atoms with Crippen molar-refractivity contribution in [2.45, 2.75) is 19.0 Å². The zero-order valence-corrected chi connectivity index (χ0v) is 23.4. The normalized spacial score (nSPS) is 11.3. The molecule has 10 nitrogen and oxygen atoms in total. The van der Waals surface area contributed by atoms with Crippen molar-refractivity contribution >= 4 is 29.5 Å².